The lowest BCUT2D eigenvalue weighted by Gasteiger charge is -2.30. The predicted molar refractivity (Wildman–Crippen MR) is 146 cm³/mol. The zero-order valence-corrected chi connectivity index (χ0v) is 23.0. The van der Waals surface area contributed by atoms with Gasteiger partial charge in [-0.15, -0.1) is 10.2 Å². The van der Waals surface area contributed by atoms with Gasteiger partial charge in [-0.3, -0.25) is 14.5 Å². The lowest BCUT2D eigenvalue weighted by molar-refractivity contribution is -0.116. The number of aryl methyl sites for hydroxylation is 1. The molecule has 0 radical (unpaired) electrons. The second-order valence-corrected chi connectivity index (χ2v) is 11.1. The van der Waals surface area contributed by atoms with E-state index in [0.717, 1.165) is 87.7 Å². The highest BCUT2D eigenvalue weighted by Gasteiger charge is 2.21. The standard InChI is InChI=1S/C29H44N6O2/c1-22(2)20-33-15-9-5-4-6-10-16-34(23(3)36)26-14-13-24(18-25(26)21-33)29(37)30-19-28-32-31-27-12-8-7-11-17-35(27)28/h13-14,18,22H,4-12,15-17,19-21H2,1-3H3,(H,30,37). The highest BCUT2D eigenvalue weighted by Crippen LogP contribution is 2.26. The van der Waals surface area contributed by atoms with Crippen LogP contribution in [0.2, 0.25) is 0 Å². The molecule has 2 aliphatic rings. The molecule has 8 nitrogen and oxygen atoms in total. The van der Waals surface area contributed by atoms with Crippen molar-refractivity contribution in [3.8, 4) is 0 Å². The van der Waals surface area contributed by atoms with Gasteiger partial charge in [0.05, 0.1) is 6.54 Å². The first-order valence-electron chi connectivity index (χ1n) is 14.2. The molecule has 0 aliphatic carbocycles. The fourth-order valence-electron chi connectivity index (χ4n) is 5.63. The Bertz CT molecular complexity index is 1060. The fourth-order valence-corrected chi connectivity index (χ4v) is 5.63. The van der Waals surface area contributed by atoms with Crippen LogP contribution in [-0.2, 0) is 30.8 Å². The van der Waals surface area contributed by atoms with Crippen LogP contribution in [0.5, 0.6) is 0 Å². The average Bonchev–Trinajstić information content (AvgIpc) is 3.08. The molecule has 2 aliphatic heterocycles. The second kappa shape index (κ2) is 13.2. The number of hydrogen-bond donors (Lipinski definition) is 1. The highest BCUT2D eigenvalue weighted by atomic mass is 16.2. The molecule has 0 atom stereocenters. The van der Waals surface area contributed by atoms with Gasteiger partial charge in [-0.05, 0) is 61.9 Å². The molecular weight excluding hydrogens is 464 g/mol. The predicted octanol–water partition coefficient (Wildman–Crippen LogP) is 4.71. The monoisotopic (exact) mass is 508 g/mol. The maximum atomic E-state index is 13.3. The van der Waals surface area contributed by atoms with Gasteiger partial charge in [0.2, 0.25) is 5.91 Å². The number of rotatable bonds is 5. The minimum Gasteiger partial charge on any atom is -0.345 e. The Morgan fingerprint density at radius 3 is 2.46 bits per heavy atom. The molecule has 1 N–H and O–H groups in total. The van der Waals surface area contributed by atoms with Gasteiger partial charge in [0.25, 0.3) is 5.91 Å². The van der Waals surface area contributed by atoms with E-state index in [2.05, 4.69) is 38.8 Å². The van der Waals surface area contributed by atoms with E-state index in [1.807, 2.05) is 23.1 Å². The molecule has 8 heteroatoms. The number of amides is 2. The van der Waals surface area contributed by atoms with Crippen LogP contribution in [0.3, 0.4) is 0 Å². The third-order valence-electron chi connectivity index (χ3n) is 7.48. The van der Waals surface area contributed by atoms with E-state index in [1.54, 1.807) is 6.92 Å². The Morgan fingerprint density at radius 2 is 1.68 bits per heavy atom. The summed E-state index contributed by atoms with van der Waals surface area (Å²) in [5, 5.41) is 11.8. The number of nitrogens with one attached hydrogen (secondary N) is 1. The number of carbonyl (C=O) groups excluding carboxylic acids is 2. The van der Waals surface area contributed by atoms with Crippen molar-refractivity contribution in [1.29, 1.82) is 0 Å². The Morgan fingerprint density at radius 1 is 0.946 bits per heavy atom. The van der Waals surface area contributed by atoms with Crippen LogP contribution in [0.15, 0.2) is 18.2 Å². The van der Waals surface area contributed by atoms with E-state index in [1.165, 1.54) is 25.7 Å². The van der Waals surface area contributed by atoms with Crippen molar-refractivity contribution in [3.05, 3.63) is 41.0 Å². The van der Waals surface area contributed by atoms with Crippen molar-refractivity contribution in [2.75, 3.05) is 24.5 Å². The van der Waals surface area contributed by atoms with Crippen molar-refractivity contribution in [2.24, 2.45) is 5.92 Å². The van der Waals surface area contributed by atoms with Crippen LogP contribution in [0, 0.1) is 5.92 Å². The molecule has 0 bridgehead atoms. The minimum atomic E-state index is -0.121. The molecule has 0 fully saturated rings. The second-order valence-electron chi connectivity index (χ2n) is 11.1. The van der Waals surface area contributed by atoms with Gasteiger partial charge < -0.3 is 14.8 Å². The van der Waals surface area contributed by atoms with Gasteiger partial charge in [-0.25, -0.2) is 0 Å². The lowest BCUT2D eigenvalue weighted by atomic mass is 10.0. The van der Waals surface area contributed by atoms with Crippen molar-refractivity contribution in [1.82, 2.24) is 25.0 Å². The van der Waals surface area contributed by atoms with Crippen molar-refractivity contribution in [2.45, 2.75) is 98.2 Å². The number of aromatic nitrogens is 3. The zero-order chi connectivity index (χ0) is 26.2. The lowest BCUT2D eigenvalue weighted by Crippen LogP contribution is -2.34. The summed E-state index contributed by atoms with van der Waals surface area (Å²) in [4.78, 5) is 30.3. The Labute approximate surface area is 221 Å². The molecule has 4 rings (SSSR count). The SMILES string of the molecule is CC(=O)N1CCCCCCCN(CC(C)C)Cc2cc(C(=O)NCc3nnc4n3CCCCC4)ccc21. The first kappa shape index (κ1) is 27.3. The molecule has 0 saturated heterocycles. The van der Waals surface area contributed by atoms with Crippen LogP contribution in [0.1, 0.15) is 99.7 Å². The molecule has 2 amide bonds. The summed E-state index contributed by atoms with van der Waals surface area (Å²) >= 11 is 0. The molecule has 2 aromatic rings. The number of nitrogens with zero attached hydrogens (tertiary/aromatic N) is 5. The van der Waals surface area contributed by atoms with Crippen LogP contribution >= 0.6 is 0 Å². The van der Waals surface area contributed by atoms with Gasteiger partial charge in [0, 0.05) is 50.8 Å². The van der Waals surface area contributed by atoms with Gasteiger partial charge in [-0.2, -0.15) is 0 Å². The summed E-state index contributed by atoms with van der Waals surface area (Å²) in [5.41, 5.74) is 2.59. The first-order valence-corrected chi connectivity index (χ1v) is 14.2. The van der Waals surface area contributed by atoms with E-state index in [-0.39, 0.29) is 11.8 Å². The van der Waals surface area contributed by atoms with Gasteiger partial charge in [0.1, 0.15) is 5.82 Å². The van der Waals surface area contributed by atoms with Crippen LogP contribution in [0.4, 0.5) is 5.69 Å². The van der Waals surface area contributed by atoms with Gasteiger partial charge >= 0.3 is 0 Å². The van der Waals surface area contributed by atoms with E-state index < -0.39 is 0 Å². The summed E-state index contributed by atoms with van der Waals surface area (Å²) in [6.07, 6.45) is 10.2. The quantitative estimate of drug-likeness (QED) is 0.632. The average molecular weight is 509 g/mol. The molecule has 37 heavy (non-hydrogen) atoms. The first-order chi connectivity index (χ1) is 17.9. The maximum absolute atomic E-state index is 13.3. The third kappa shape index (κ3) is 7.40. The number of anilines is 1. The molecule has 0 unspecified atom stereocenters. The molecule has 1 aromatic carbocycles. The minimum absolute atomic E-state index is 0.0541. The van der Waals surface area contributed by atoms with Gasteiger partial charge in [0.15, 0.2) is 5.82 Å². The largest absolute Gasteiger partial charge is 0.345 e. The number of benzene rings is 1. The smallest absolute Gasteiger partial charge is 0.251 e. The van der Waals surface area contributed by atoms with Crippen LogP contribution < -0.4 is 10.2 Å². The summed E-state index contributed by atoms with van der Waals surface area (Å²) in [6.45, 7) is 10.9. The van der Waals surface area contributed by atoms with Crippen molar-refractivity contribution < 1.29 is 9.59 Å². The molecule has 3 heterocycles. The normalized spacial score (nSPS) is 17.8. The van der Waals surface area contributed by atoms with E-state index in [4.69, 9.17) is 0 Å². The van der Waals surface area contributed by atoms with Crippen molar-refractivity contribution in [3.63, 3.8) is 0 Å². The van der Waals surface area contributed by atoms with E-state index in [0.29, 0.717) is 18.0 Å². The van der Waals surface area contributed by atoms with E-state index in [9.17, 15) is 9.59 Å². The summed E-state index contributed by atoms with van der Waals surface area (Å²) in [5.74, 6) is 2.33. The molecule has 0 spiro atoms. The molecule has 0 saturated carbocycles. The Kier molecular flexibility index (Phi) is 9.72. The Hall–Kier alpha value is -2.74. The van der Waals surface area contributed by atoms with E-state index >= 15 is 0 Å². The number of carbonyl (C=O) groups is 2. The third-order valence-corrected chi connectivity index (χ3v) is 7.48. The highest BCUT2D eigenvalue weighted by molar-refractivity contribution is 5.97. The van der Waals surface area contributed by atoms with Crippen LogP contribution in [-0.4, -0.2) is 51.1 Å². The zero-order valence-electron chi connectivity index (χ0n) is 23.0. The Balaban J connectivity index is 1.56. The number of hydrogen-bond acceptors (Lipinski definition) is 5. The summed E-state index contributed by atoms with van der Waals surface area (Å²) < 4.78 is 2.17. The summed E-state index contributed by atoms with van der Waals surface area (Å²) in [6, 6.07) is 5.81. The molecule has 1 aromatic heterocycles. The molecular formula is C29H44N6O2. The van der Waals surface area contributed by atoms with Crippen molar-refractivity contribution >= 4 is 17.5 Å². The van der Waals surface area contributed by atoms with Crippen LogP contribution in [0.25, 0.3) is 0 Å². The maximum Gasteiger partial charge on any atom is 0.251 e. The summed E-state index contributed by atoms with van der Waals surface area (Å²) in [7, 11) is 0. The topological polar surface area (TPSA) is 83.4 Å². The fraction of sp³-hybridized carbons (Fsp3) is 0.655. The molecule has 202 valence electrons. The number of fused-ring (bicyclic) bond motifs is 2. The van der Waals surface area contributed by atoms with Gasteiger partial charge in [-0.1, -0.05) is 39.5 Å².